The molecule has 0 saturated heterocycles. The van der Waals surface area contributed by atoms with Gasteiger partial charge < -0.3 is 0 Å². The van der Waals surface area contributed by atoms with E-state index in [9.17, 15) is 0 Å². The quantitative estimate of drug-likeness (QED) is 0.559. The third-order valence-electron chi connectivity index (χ3n) is 1.69. The smallest absolute Gasteiger partial charge is 0.0231 e. The van der Waals surface area contributed by atoms with Gasteiger partial charge in [0.05, 0.1) is 0 Å². The van der Waals surface area contributed by atoms with Crippen LogP contribution < -0.4 is 0 Å². The third-order valence-corrected chi connectivity index (χ3v) is 1.69. The average molecular weight is 186 g/mol. The highest BCUT2D eigenvalue weighted by atomic mass is 14.0. The normalized spacial score (nSPS) is 13.9. The Morgan fingerprint density at radius 1 is 1.00 bits per heavy atom. The van der Waals surface area contributed by atoms with E-state index in [1.165, 1.54) is 11.1 Å². The van der Waals surface area contributed by atoms with Crippen molar-refractivity contribution in [2.45, 2.75) is 13.8 Å². The van der Waals surface area contributed by atoms with Gasteiger partial charge in [-0.25, -0.2) is 0 Å². The van der Waals surface area contributed by atoms with Crippen molar-refractivity contribution in [3.63, 3.8) is 0 Å². The largest absolute Gasteiger partial charge is 0.0991 e. The number of allylic oxidation sites excluding steroid dienone is 10. The molecule has 0 radical (unpaired) electrons. The lowest BCUT2D eigenvalue weighted by Crippen LogP contribution is -1.79. The molecule has 0 saturated carbocycles. The highest BCUT2D eigenvalue weighted by Gasteiger charge is 1.91. The van der Waals surface area contributed by atoms with Crippen molar-refractivity contribution < 1.29 is 0 Å². The van der Waals surface area contributed by atoms with Crippen LogP contribution in [0.25, 0.3) is 0 Å². The molecule has 0 nitrogen and oxygen atoms in total. The monoisotopic (exact) mass is 186 g/mol. The van der Waals surface area contributed by atoms with Gasteiger partial charge in [0.2, 0.25) is 0 Å². The van der Waals surface area contributed by atoms with E-state index in [4.69, 9.17) is 0 Å². The Morgan fingerprint density at radius 3 is 2.21 bits per heavy atom. The molecule has 14 heavy (non-hydrogen) atoms. The summed E-state index contributed by atoms with van der Waals surface area (Å²) >= 11 is 0. The Labute approximate surface area is 87.3 Å². The topological polar surface area (TPSA) is 0 Å². The molecule has 0 rings (SSSR count). The molecule has 0 aromatic carbocycles. The van der Waals surface area contributed by atoms with Crippen LogP contribution in [0.2, 0.25) is 0 Å². The summed E-state index contributed by atoms with van der Waals surface area (Å²) in [5, 5.41) is 0. The van der Waals surface area contributed by atoms with Gasteiger partial charge >= 0.3 is 0 Å². The van der Waals surface area contributed by atoms with Gasteiger partial charge in [-0.1, -0.05) is 61.8 Å². The molecule has 0 atom stereocenters. The van der Waals surface area contributed by atoms with E-state index in [2.05, 4.69) is 32.2 Å². The van der Waals surface area contributed by atoms with E-state index in [0.717, 1.165) is 0 Å². The van der Waals surface area contributed by atoms with Crippen LogP contribution in [0.5, 0.6) is 0 Å². The van der Waals surface area contributed by atoms with Gasteiger partial charge in [0.25, 0.3) is 0 Å². The molecule has 0 amide bonds. The van der Waals surface area contributed by atoms with E-state index in [1.54, 1.807) is 12.2 Å². The second kappa shape index (κ2) is 8.06. The van der Waals surface area contributed by atoms with Crippen molar-refractivity contribution in [1.82, 2.24) is 0 Å². The molecule has 0 unspecified atom stereocenters. The van der Waals surface area contributed by atoms with E-state index in [1.807, 2.05) is 31.2 Å². The minimum absolute atomic E-state index is 1.18. The Hall–Kier alpha value is -1.56. The minimum Gasteiger partial charge on any atom is -0.0991 e. The van der Waals surface area contributed by atoms with Crippen LogP contribution in [0.3, 0.4) is 0 Å². The molecule has 0 N–H and O–H groups in total. The van der Waals surface area contributed by atoms with Gasteiger partial charge in [-0.2, -0.15) is 0 Å². The lowest BCUT2D eigenvalue weighted by atomic mass is 10.1. The van der Waals surface area contributed by atoms with Crippen LogP contribution in [0, 0.1) is 0 Å². The van der Waals surface area contributed by atoms with E-state index in [0.29, 0.717) is 0 Å². The lowest BCUT2D eigenvalue weighted by molar-refractivity contribution is 1.42. The molecule has 0 fully saturated rings. The Bertz CT molecular complexity index is 296. The molecule has 0 bridgehead atoms. The maximum absolute atomic E-state index is 3.69. The Balaban J connectivity index is 4.75. The van der Waals surface area contributed by atoms with Crippen LogP contribution >= 0.6 is 0 Å². The van der Waals surface area contributed by atoms with Crippen LogP contribution in [-0.4, -0.2) is 0 Å². The first-order valence-electron chi connectivity index (χ1n) is 4.68. The predicted molar refractivity (Wildman–Crippen MR) is 66.2 cm³/mol. The van der Waals surface area contributed by atoms with Gasteiger partial charge in [-0.15, -0.1) is 0 Å². The first-order valence-corrected chi connectivity index (χ1v) is 4.68. The van der Waals surface area contributed by atoms with Crippen molar-refractivity contribution in [2.24, 2.45) is 0 Å². The van der Waals surface area contributed by atoms with Crippen LogP contribution in [0.1, 0.15) is 13.8 Å². The zero-order valence-electron chi connectivity index (χ0n) is 9.03. The zero-order chi connectivity index (χ0) is 10.8. The predicted octanol–water partition coefficient (Wildman–Crippen LogP) is 4.36. The third kappa shape index (κ3) is 5.15. The van der Waals surface area contributed by atoms with E-state index >= 15 is 0 Å². The summed E-state index contributed by atoms with van der Waals surface area (Å²) in [5.74, 6) is 0. The molecule has 0 spiro atoms. The highest BCUT2D eigenvalue weighted by molar-refractivity contribution is 5.42. The molecule has 0 aliphatic heterocycles. The minimum atomic E-state index is 1.18. The van der Waals surface area contributed by atoms with Gasteiger partial charge in [0, 0.05) is 0 Å². The molecule has 0 aliphatic rings. The molecule has 0 aliphatic carbocycles. The second-order valence-electron chi connectivity index (χ2n) is 2.83. The summed E-state index contributed by atoms with van der Waals surface area (Å²) in [5.41, 5.74) is 2.39. The van der Waals surface area contributed by atoms with Gasteiger partial charge in [-0.3, -0.25) is 0 Å². The molecular weight excluding hydrogens is 168 g/mol. The van der Waals surface area contributed by atoms with Gasteiger partial charge in [0.1, 0.15) is 0 Å². The maximum atomic E-state index is 3.69. The first kappa shape index (κ1) is 12.4. The van der Waals surface area contributed by atoms with Crippen LogP contribution in [0.15, 0.2) is 72.9 Å². The summed E-state index contributed by atoms with van der Waals surface area (Å²) in [6, 6.07) is 0. The average Bonchev–Trinajstić information content (AvgIpc) is 2.18. The maximum Gasteiger partial charge on any atom is -0.0231 e. The number of hydrogen-bond donors (Lipinski definition) is 0. The van der Waals surface area contributed by atoms with E-state index < -0.39 is 0 Å². The van der Waals surface area contributed by atoms with Crippen molar-refractivity contribution in [1.29, 1.82) is 0 Å². The van der Waals surface area contributed by atoms with Gasteiger partial charge in [-0.05, 0) is 25.0 Å². The van der Waals surface area contributed by atoms with Crippen LogP contribution in [0.4, 0.5) is 0 Å². The van der Waals surface area contributed by atoms with Crippen molar-refractivity contribution in [3.05, 3.63) is 72.9 Å². The molecule has 0 aromatic heterocycles. The lowest BCUT2D eigenvalue weighted by Gasteiger charge is -1.99. The van der Waals surface area contributed by atoms with Crippen molar-refractivity contribution >= 4 is 0 Å². The Morgan fingerprint density at radius 2 is 1.71 bits per heavy atom. The first-order chi connectivity index (χ1) is 6.76. The molecule has 0 heterocycles. The summed E-state index contributed by atoms with van der Waals surface area (Å²) in [7, 11) is 0. The fourth-order valence-corrected chi connectivity index (χ4v) is 1.000. The summed E-state index contributed by atoms with van der Waals surface area (Å²) in [6.45, 7) is 11.4. The van der Waals surface area contributed by atoms with Crippen molar-refractivity contribution in [3.8, 4) is 0 Å². The fraction of sp³-hybridized carbons (Fsp3) is 0.143. The second-order valence-corrected chi connectivity index (χ2v) is 2.83. The molecule has 0 aromatic rings. The zero-order valence-corrected chi connectivity index (χ0v) is 9.03. The molecule has 0 heteroatoms. The standard InChI is InChI=1S/C14H18/c1-5-8-9-12-13(4)14(10-6-2)11-7-3/h5-12H,1-2H2,3-4H3/b9-8-,11-7-,13-12+,14-10?. The Kier molecular flexibility index (Phi) is 7.16. The highest BCUT2D eigenvalue weighted by Crippen LogP contribution is 2.11. The summed E-state index contributed by atoms with van der Waals surface area (Å²) in [4.78, 5) is 0. The van der Waals surface area contributed by atoms with Crippen LogP contribution in [-0.2, 0) is 0 Å². The van der Waals surface area contributed by atoms with Crippen molar-refractivity contribution in [2.75, 3.05) is 0 Å². The number of hydrogen-bond acceptors (Lipinski definition) is 0. The van der Waals surface area contributed by atoms with Gasteiger partial charge in [0.15, 0.2) is 0 Å². The fourth-order valence-electron chi connectivity index (χ4n) is 1.000. The summed E-state index contributed by atoms with van der Waals surface area (Å²) < 4.78 is 0. The molecule has 74 valence electrons. The summed E-state index contributed by atoms with van der Waals surface area (Å²) in [6.07, 6.45) is 15.6. The SMILES string of the molecule is C=CC=C(/C=C\C)/C(C)=C/C=C\C=C. The molecular formula is C14H18. The van der Waals surface area contributed by atoms with E-state index in [-0.39, 0.29) is 0 Å². The number of rotatable bonds is 5.